The summed E-state index contributed by atoms with van der Waals surface area (Å²) >= 11 is 0. The quantitative estimate of drug-likeness (QED) is 0.769. The summed E-state index contributed by atoms with van der Waals surface area (Å²) in [6.07, 6.45) is 3.83. The van der Waals surface area contributed by atoms with Gasteiger partial charge in [-0.2, -0.15) is 0 Å². The van der Waals surface area contributed by atoms with E-state index in [0.29, 0.717) is 6.42 Å². The molecule has 0 unspecified atom stereocenters. The molecule has 1 N–H and O–H groups in total. The van der Waals surface area contributed by atoms with E-state index in [9.17, 15) is 8.42 Å². The zero-order valence-corrected chi connectivity index (χ0v) is 8.21. The SMILES string of the molecule is CNS(=O)(=O)CCc1ccncc1.[HH]. The molecule has 74 valence electrons. The topological polar surface area (TPSA) is 59.1 Å². The van der Waals surface area contributed by atoms with Gasteiger partial charge in [-0.1, -0.05) is 0 Å². The third-order valence-corrected chi connectivity index (χ3v) is 3.08. The molecule has 4 nitrogen and oxygen atoms in total. The molecule has 0 amide bonds. The van der Waals surface area contributed by atoms with E-state index >= 15 is 0 Å². The minimum Gasteiger partial charge on any atom is -0.265 e. The Balaban J connectivity index is 0.00000169. The van der Waals surface area contributed by atoms with Crippen molar-refractivity contribution < 1.29 is 9.84 Å². The second-order valence-electron chi connectivity index (χ2n) is 2.63. The molecule has 5 heteroatoms. The van der Waals surface area contributed by atoms with Gasteiger partial charge in [-0.05, 0) is 31.2 Å². The first-order chi connectivity index (χ1) is 6.14. The van der Waals surface area contributed by atoms with Crippen molar-refractivity contribution in [2.24, 2.45) is 0 Å². The minimum atomic E-state index is -3.09. The molecule has 1 heterocycles. The highest BCUT2D eigenvalue weighted by molar-refractivity contribution is 7.89. The summed E-state index contributed by atoms with van der Waals surface area (Å²) < 4.78 is 24.4. The van der Waals surface area contributed by atoms with Gasteiger partial charge in [-0.15, -0.1) is 0 Å². The van der Waals surface area contributed by atoms with Crippen LogP contribution in [0.2, 0.25) is 0 Å². The maximum atomic E-state index is 11.0. The zero-order valence-electron chi connectivity index (χ0n) is 7.40. The monoisotopic (exact) mass is 202 g/mol. The van der Waals surface area contributed by atoms with Crippen molar-refractivity contribution >= 4 is 10.0 Å². The Morgan fingerprint density at radius 1 is 1.46 bits per heavy atom. The number of hydrogen-bond donors (Lipinski definition) is 1. The molecule has 0 bridgehead atoms. The van der Waals surface area contributed by atoms with Crippen molar-refractivity contribution in [2.75, 3.05) is 12.8 Å². The van der Waals surface area contributed by atoms with Gasteiger partial charge in [0.2, 0.25) is 10.0 Å². The molecule has 0 aliphatic rings. The lowest BCUT2D eigenvalue weighted by molar-refractivity contribution is 0.587. The lowest BCUT2D eigenvalue weighted by Gasteiger charge is -2.01. The average molecular weight is 202 g/mol. The smallest absolute Gasteiger partial charge is 0.211 e. The van der Waals surface area contributed by atoms with Gasteiger partial charge in [0.1, 0.15) is 0 Å². The Morgan fingerprint density at radius 2 is 2.08 bits per heavy atom. The van der Waals surface area contributed by atoms with Crippen LogP contribution in [0, 0.1) is 0 Å². The third-order valence-electron chi connectivity index (χ3n) is 1.72. The summed E-state index contributed by atoms with van der Waals surface area (Å²) in [4.78, 5) is 3.84. The lowest BCUT2D eigenvalue weighted by Crippen LogP contribution is -2.23. The highest BCUT2D eigenvalue weighted by Crippen LogP contribution is 1.99. The first-order valence-corrected chi connectivity index (χ1v) is 5.59. The zero-order chi connectivity index (χ0) is 9.73. The predicted molar refractivity (Wildman–Crippen MR) is 52.9 cm³/mol. The van der Waals surface area contributed by atoms with Crippen LogP contribution in [-0.2, 0) is 16.4 Å². The van der Waals surface area contributed by atoms with Gasteiger partial charge in [0.15, 0.2) is 0 Å². The van der Waals surface area contributed by atoms with E-state index < -0.39 is 10.0 Å². The average Bonchev–Trinajstić information content (AvgIpc) is 2.17. The van der Waals surface area contributed by atoms with Crippen molar-refractivity contribution in [3.05, 3.63) is 30.1 Å². The molecule has 13 heavy (non-hydrogen) atoms. The second kappa shape index (κ2) is 4.34. The van der Waals surface area contributed by atoms with Gasteiger partial charge in [-0.3, -0.25) is 4.98 Å². The van der Waals surface area contributed by atoms with Crippen molar-refractivity contribution in [1.82, 2.24) is 9.71 Å². The first-order valence-electron chi connectivity index (χ1n) is 3.94. The standard InChI is InChI=1S/C8H12N2O2S.H2/c1-9-13(11,12)7-4-8-2-5-10-6-3-8;/h2-3,5-6,9H,4,7H2,1H3;1H. The van der Waals surface area contributed by atoms with Crippen LogP contribution in [0.5, 0.6) is 0 Å². The van der Waals surface area contributed by atoms with Crippen LogP contribution in [0.3, 0.4) is 0 Å². The Hall–Kier alpha value is -0.940. The van der Waals surface area contributed by atoms with Crippen LogP contribution < -0.4 is 4.72 Å². The van der Waals surface area contributed by atoms with Gasteiger partial charge in [0.25, 0.3) is 0 Å². The molecule has 0 radical (unpaired) electrons. The molecule has 1 rings (SSSR count). The number of aryl methyl sites for hydroxylation is 1. The lowest BCUT2D eigenvalue weighted by atomic mass is 10.2. The van der Waals surface area contributed by atoms with E-state index in [1.54, 1.807) is 12.4 Å². The first kappa shape index (κ1) is 10.1. The summed E-state index contributed by atoms with van der Waals surface area (Å²) in [5.74, 6) is 0.119. The fourth-order valence-electron chi connectivity index (χ4n) is 0.904. The number of pyridine rings is 1. The molecule has 0 aliphatic heterocycles. The van der Waals surface area contributed by atoms with Crippen LogP contribution in [0.25, 0.3) is 0 Å². The third kappa shape index (κ3) is 3.52. The molecule has 0 aliphatic carbocycles. The van der Waals surface area contributed by atoms with E-state index in [-0.39, 0.29) is 7.18 Å². The molecule has 0 saturated heterocycles. The molecule has 0 atom stereocenters. The number of aromatic nitrogens is 1. The van der Waals surface area contributed by atoms with Gasteiger partial charge < -0.3 is 0 Å². The Bertz CT molecular complexity index is 353. The van der Waals surface area contributed by atoms with Crippen molar-refractivity contribution in [3.8, 4) is 0 Å². The molecule has 0 fully saturated rings. The van der Waals surface area contributed by atoms with E-state index in [2.05, 4.69) is 9.71 Å². The fourth-order valence-corrected chi connectivity index (χ4v) is 1.61. The van der Waals surface area contributed by atoms with Crippen molar-refractivity contribution in [3.63, 3.8) is 0 Å². The van der Waals surface area contributed by atoms with Gasteiger partial charge >= 0.3 is 0 Å². The maximum Gasteiger partial charge on any atom is 0.211 e. The Morgan fingerprint density at radius 3 is 2.62 bits per heavy atom. The van der Waals surface area contributed by atoms with E-state index in [1.165, 1.54) is 7.05 Å². The molecular weight excluding hydrogens is 188 g/mol. The summed E-state index contributed by atoms with van der Waals surface area (Å²) in [7, 11) is -1.67. The Labute approximate surface area is 79.5 Å². The van der Waals surface area contributed by atoms with Crippen LogP contribution in [-0.4, -0.2) is 26.2 Å². The van der Waals surface area contributed by atoms with E-state index in [1.807, 2.05) is 12.1 Å². The van der Waals surface area contributed by atoms with Gasteiger partial charge in [-0.25, -0.2) is 13.1 Å². The second-order valence-corrected chi connectivity index (χ2v) is 4.67. The Kier molecular flexibility index (Phi) is 3.39. The van der Waals surface area contributed by atoms with Gasteiger partial charge in [0.05, 0.1) is 5.75 Å². The molecule has 1 aromatic rings. The largest absolute Gasteiger partial charge is 0.265 e. The molecule has 0 saturated carbocycles. The van der Waals surface area contributed by atoms with Crippen molar-refractivity contribution in [2.45, 2.75) is 6.42 Å². The maximum absolute atomic E-state index is 11.0. The number of hydrogen-bond acceptors (Lipinski definition) is 3. The van der Waals surface area contributed by atoms with Crippen LogP contribution in [0.1, 0.15) is 6.99 Å². The summed E-state index contributed by atoms with van der Waals surface area (Å²) in [5.41, 5.74) is 0.980. The molecule has 0 spiro atoms. The minimum absolute atomic E-state index is 0. The van der Waals surface area contributed by atoms with Crippen LogP contribution in [0.15, 0.2) is 24.5 Å². The highest BCUT2D eigenvalue weighted by Gasteiger charge is 2.06. The van der Waals surface area contributed by atoms with Crippen LogP contribution in [0.4, 0.5) is 0 Å². The van der Waals surface area contributed by atoms with Gasteiger partial charge in [0, 0.05) is 13.8 Å². The van der Waals surface area contributed by atoms with E-state index in [4.69, 9.17) is 0 Å². The highest BCUT2D eigenvalue weighted by atomic mass is 32.2. The fraction of sp³-hybridized carbons (Fsp3) is 0.375. The van der Waals surface area contributed by atoms with Crippen LogP contribution >= 0.6 is 0 Å². The molecule has 0 aromatic carbocycles. The van der Waals surface area contributed by atoms with E-state index in [0.717, 1.165) is 5.56 Å². The molecular formula is C8H14N2O2S. The summed E-state index contributed by atoms with van der Waals surface area (Å²) in [6, 6.07) is 3.62. The number of sulfonamides is 1. The normalized spacial score (nSPS) is 11.5. The summed E-state index contributed by atoms with van der Waals surface area (Å²) in [6.45, 7) is 0. The predicted octanol–water partition coefficient (Wildman–Crippen LogP) is 0.419. The number of nitrogens with zero attached hydrogens (tertiary/aromatic N) is 1. The number of rotatable bonds is 4. The van der Waals surface area contributed by atoms with Crippen molar-refractivity contribution in [1.29, 1.82) is 0 Å². The summed E-state index contributed by atoms with van der Waals surface area (Å²) in [5, 5.41) is 0. The number of nitrogens with one attached hydrogen (secondary N) is 1. The molecule has 1 aromatic heterocycles.